The van der Waals surface area contributed by atoms with E-state index in [1.165, 1.54) is 19.3 Å². The van der Waals surface area contributed by atoms with Gasteiger partial charge in [0.1, 0.15) is 0 Å². The van der Waals surface area contributed by atoms with E-state index in [2.05, 4.69) is 15.5 Å². The predicted octanol–water partition coefficient (Wildman–Crippen LogP) is 4.32. The topological polar surface area (TPSA) is 85.0 Å². The monoisotopic (exact) mass is 485 g/mol. The number of carbonyl (C=O) groups excluding carboxylic acids is 3. The summed E-state index contributed by atoms with van der Waals surface area (Å²) in [5, 5.41) is 6.16. The Morgan fingerprint density at radius 1 is 0.971 bits per heavy atom. The highest BCUT2D eigenvalue weighted by Gasteiger charge is 2.26. The molecule has 0 spiro atoms. The third-order valence-electron chi connectivity index (χ3n) is 7.13. The van der Waals surface area contributed by atoms with Gasteiger partial charge in [-0.25, -0.2) is 4.79 Å². The zero-order valence-electron chi connectivity index (χ0n) is 21.9. The van der Waals surface area contributed by atoms with Crippen LogP contribution in [0.1, 0.15) is 76.6 Å². The minimum atomic E-state index is -0.145. The molecule has 2 aliphatic rings. The minimum Gasteiger partial charge on any atom is -0.369 e. The Bertz CT molecular complexity index is 878. The van der Waals surface area contributed by atoms with E-state index in [-0.39, 0.29) is 23.8 Å². The van der Waals surface area contributed by atoms with Crippen LogP contribution in [0.15, 0.2) is 18.2 Å². The van der Waals surface area contributed by atoms with E-state index in [1.54, 1.807) is 11.0 Å². The first kappa shape index (κ1) is 26.8. The molecule has 3 rings (SSSR count). The van der Waals surface area contributed by atoms with Crippen LogP contribution in [0.4, 0.5) is 16.2 Å². The molecule has 0 atom stereocenters. The number of nitrogens with zero attached hydrogens (tertiary/aromatic N) is 3. The van der Waals surface area contributed by atoms with Crippen LogP contribution in [0.3, 0.4) is 0 Å². The van der Waals surface area contributed by atoms with Crippen LogP contribution >= 0.6 is 0 Å². The van der Waals surface area contributed by atoms with Gasteiger partial charge in [-0.05, 0) is 51.3 Å². The van der Waals surface area contributed by atoms with Crippen molar-refractivity contribution in [2.24, 2.45) is 5.92 Å². The van der Waals surface area contributed by atoms with Crippen molar-refractivity contribution in [1.82, 2.24) is 15.1 Å². The van der Waals surface area contributed by atoms with Crippen LogP contribution < -0.4 is 15.5 Å². The Balaban J connectivity index is 1.77. The van der Waals surface area contributed by atoms with Gasteiger partial charge in [0.2, 0.25) is 5.91 Å². The molecule has 0 unspecified atom stereocenters. The molecule has 2 N–H and O–H groups in total. The number of urea groups is 1. The SMILES string of the molecule is CCN(CC)C(=O)c1cc(NC(=O)C(C)C)ccc1N1CCCN(C(=O)NC2CCCCC2)CC1. The van der Waals surface area contributed by atoms with Gasteiger partial charge in [-0.1, -0.05) is 33.1 Å². The molecule has 194 valence electrons. The lowest BCUT2D eigenvalue weighted by atomic mass is 9.96. The molecular weight excluding hydrogens is 442 g/mol. The summed E-state index contributed by atoms with van der Waals surface area (Å²) in [6.45, 7) is 11.6. The molecule has 8 nitrogen and oxygen atoms in total. The molecule has 4 amide bonds. The van der Waals surface area contributed by atoms with E-state index >= 15 is 0 Å². The van der Waals surface area contributed by atoms with Gasteiger partial charge in [-0.2, -0.15) is 0 Å². The molecule has 1 aromatic carbocycles. The Morgan fingerprint density at radius 3 is 2.34 bits per heavy atom. The van der Waals surface area contributed by atoms with E-state index in [0.717, 1.165) is 31.5 Å². The molecule has 0 bridgehead atoms. The number of rotatable bonds is 7. The fraction of sp³-hybridized carbons (Fsp3) is 0.667. The zero-order chi connectivity index (χ0) is 25.4. The van der Waals surface area contributed by atoms with Crippen molar-refractivity contribution in [3.63, 3.8) is 0 Å². The van der Waals surface area contributed by atoms with Crippen molar-refractivity contribution >= 4 is 29.2 Å². The Labute approximate surface area is 210 Å². The third-order valence-corrected chi connectivity index (χ3v) is 7.13. The molecule has 35 heavy (non-hydrogen) atoms. The van der Waals surface area contributed by atoms with E-state index in [4.69, 9.17) is 0 Å². The maximum absolute atomic E-state index is 13.4. The predicted molar refractivity (Wildman–Crippen MR) is 141 cm³/mol. The summed E-state index contributed by atoms with van der Waals surface area (Å²) in [5.74, 6) is -0.261. The number of hydrogen-bond acceptors (Lipinski definition) is 4. The summed E-state index contributed by atoms with van der Waals surface area (Å²) in [7, 11) is 0. The van der Waals surface area contributed by atoms with Gasteiger partial charge < -0.3 is 25.3 Å². The van der Waals surface area contributed by atoms with Gasteiger partial charge >= 0.3 is 6.03 Å². The maximum Gasteiger partial charge on any atom is 0.317 e. The van der Waals surface area contributed by atoms with Gasteiger partial charge in [0.05, 0.1) is 5.56 Å². The van der Waals surface area contributed by atoms with Crippen molar-refractivity contribution < 1.29 is 14.4 Å². The molecule has 2 fully saturated rings. The Hall–Kier alpha value is -2.77. The van der Waals surface area contributed by atoms with Crippen LogP contribution in [0.2, 0.25) is 0 Å². The zero-order valence-corrected chi connectivity index (χ0v) is 21.9. The van der Waals surface area contributed by atoms with E-state index in [9.17, 15) is 14.4 Å². The van der Waals surface area contributed by atoms with E-state index in [1.807, 2.05) is 44.7 Å². The highest BCUT2D eigenvalue weighted by atomic mass is 16.2. The number of benzene rings is 1. The molecule has 1 aliphatic carbocycles. The Morgan fingerprint density at radius 2 is 1.69 bits per heavy atom. The molecule has 1 heterocycles. The summed E-state index contributed by atoms with van der Waals surface area (Å²) < 4.78 is 0. The van der Waals surface area contributed by atoms with Gasteiger partial charge in [-0.3, -0.25) is 9.59 Å². The number of amides is 4. The second-order valence-electron chi connectivity index (χ2n) is 9.97. The molecule has 1 aromatic rings. The van der Waals surface area contributed by atoms with Crippen molar-refractivity contribution in [2.75, 3.05) is 49.5 Å². The summed E-state index contributed by atoms with van der Waals surface area (Å²) in [6, 6.07) is 5.93. The quantitative estimate of drug-likeness (QED) is 0.602. The van der Waals surface area contributed by atoms with Crippen molar-refractivity contribution in [2.45, 2.75) is 72.3 Å². The number of carbonyl (C=O) groups is 3. The molecule has 0 radical (unpaired) electrons. The lowest BCUT2D eigenvalue weighted by molar-refractivity contribution is -0.118. The van der Waals surface area contributed by atoms with Gasteiger partial charge in [0, 0.05) is 62.6 Å². The molecule has 0 aromatic heterocycles. The van der Waals surface area contributed by atoms with Crippen LogP contribution in [-0.2, 0) is 4.79 Å². The Kier molecular flexibility index (Phi) is 9.81. The van der Waals surface area contributed by atoms with E-state index in [0.29, 0.717) is 50.0 Å². The second kappa shape index (κ2) is 12.8. The molecule has 1 saturated heterocycles. The lowest BCUT2D eigenvalue weighted by Gasteiger charge is -2.29. The average Bonchev–Trinajstić information content (AvgIpc) is 3.11. The van der Waals surface area contributed by atoms with E-state index < -0.39 is 0 Å². The normalized spacial score (nSPS) is 17.2. The standard InChI is InChI=1S/C27H43N5O3/c1-5-30(6-2)26(34)23-19-22(28-25(33)20(3)4)13-14-24(23)31-15-10-16-32(18-17-31)27(35)29-21-11-8-7-9-12-21/h13-14,19-21H,5-12,15-18H2,1-4H3,(H,28,33)(H,29,35). The highest BCUT2D eigenvalue weighted by molar-refractivity contribution is 6.02. The summed E-state index contributed by atoms with van der Waals surface area (Å²) in [4.78, 5) is 44.5. The lowest BCUT2D eigenvalue weighted by Crippen LogP contribution is -2.46. The second-order valence-corrected chi connectivity index (χ2v) is 9.97. The third kappa shape index (κ3) is 7.12. The largest absolute Gasteiger partial charge is 0.369 e. The van der Waals surface area contributed by atoms with Crippen molar-refractivity contribution in [1.29, 1.82) is 0 Å². The summed E-state index contributed by atoms with van der Waals surface area (Å²) >= 11 is 0. The summed E-state index contributed by atoms with van der Waals surface area (Å²) in [5.41, 5.74) is 2.08. The van der Waals surface area contributed by atoms with Crippen LogP contribution in [0, 0.1) is 5.92 Å². The summed E-state index contributed by atoms with van der Waals surface area (Å²) in [6.07, 6.45) is 6.62. The van der Waals surface area contributed by atoms with Crippen molar-refractivity contribution in [3.8, 4) is 0 Å². The van der Waals surface area contributed by atoms with Crippen molar-refractivity contribution in [3.05, 3.63) is 23.8 Å². The average molecular weight is 486 g/mol. The molecule has 8 heteroatoms. The van der Waals surface area contributed by atoms with Gasteiger partial charge in [0.25, 0.3) is 5.91 Å². The molecule has 1 aliphatic heterocycles. The number of anilines is 2. The number of hydrogen-bond donors (Lipinski definition) is 2. The first-order valence-electron chi connectivity index (χ1n) is 13.4. The smallest absolute Gasteiger partial charge is 0.317 e. The number of nitrogens with one attached hydrogen (secondary N) is 2. The molecule has 1 saturated carbocycles. The fourth-order valence-electron chi connectivity index (χ4n) is 4.90. The minimum absolute atomic E-state index is 0.0323. The van der Waals surface area contributed by atoms with Crippen LogP contribution in [0.5, 0.6) is 0 Å². The van der Waals surface area contributed by atoms with Crippen LogP contribution in [-0.4, -0.2) is 73.0 Å². The maximum atomic E-state index is 13.4. The first-order valence-corrected chi connectivity index (χ1v) is 13.4. The van der Waals surface area contributed by atoms with Gasteiger partial charge in [-0.15, -0.1) is 0 Å². The highest BCUT2D eigenvalue weighted by Crippen LogP contribution is 2.28. The van der Waals surface area contributed by atoms with Gasteiger partial charge in [0.15, 0.2) is 0 Å². The molecular formula is C27H43N5O3. The first-order chi connectivity index (χ1) is 16.8. The fourth-order valence-corrected chi connectivity index (χ4v) is 4.90. The van der Waals surface area contributed by atoms with Crippen LogP contribution in [0.25, 0.3) is 0 Å².